The van der Waals surface area contributed by atoms with Crippen molar-refractivity contribution in [3.8, 4) is 0 Å². The summed E-state index contributed by atoms with van der Waals surface area (Å²) < 4.78 is 1.83. The van der Waals surface area contributed by atoms with Crippen molar-refractivity contribution in [3.63, 3.8) is 0 Å². The molecule has 3 N–H and O–H groups in total. The van der Waals surface area contributed by atoms with Crippen molar-refractivity contribution in [2.24, 2.45) is 12.8 Å². The minimum Gasteiger partial charge on any atom is -0.323 e. The van der Waals surface area contributed by atoms with E-state index in [1.54, 1.807) is 19.3 Å². The second kappa shape index (κ2) is 4.85. The number of nitrogens with two attached hydrogens (primary N) is 1. The highest BCUT2D eigenvalue weighted by atomic mass is 79.9. The predicted molar refractivity (Wildman–Crippen MR) is 73.4 cm³/mol. The Balaban J connectivity index is 2.19. The maximum absolute atomic E-state index is 12.1. The number of nitrogens with one attached hydrogen (secondary N) is 1. The third kappa shape index (κ3) is 2.49. The number of carbonyl (C=O) groups excluding carboxylic acids is 1. The van der Waals surface area contributed by atoms with Crippen LogP contribution in [0.5, 0.6) is 0 Å². The molecule has 5 nitrogen and oxygen atoms in total. The summed E-state index contributed by atoms with van der Waals surface area (Å²) in [4.78, 5) is 23.6. The molecule has 0 radical (unpaired) electrons. The molecule has 1 aromatic rings. The molecule has 0 aromatic carbocycles. The number of aryl methyl sites for hydroxylation is 1. The van der Waals surface area contributed by atoms with Gasteiger partial charge in [0.25, 0.3) is 5.56 Å². The lowest BCUT2D eigenvalue weighted by Crippen LogP contribution is -2.48. The molecule has 0 unspecified atom stereocenters. The zero-order chi connectivity index (χ0) is 13.3. The molecule has 1 aromatic heterocycles. The van der Waals surface area contributed by atoms with Crippen molar-refractivity contribution >= 4 is 27.5 Å². The van der Waals surface area contributed by atoms with Gasteiger partial charge in [0.15, 0.2) is 0 Å². The maximum Gasteiger partial charge on any atom is 0.264 e. The number of carbonyl (C=O) groups is 1. The smallest absolute Gasteiger partial charge is 0.264 e. The lowest BCUT2D eigenvalue weighted by Gasteiger charge is -2.22. The molecule has 1 fully saturated rings. The van der Waals surface area contributed by atoms with Gasteiger partial charge < -0.3 is 15.6 Å². The number of aromatic nitrogens is 1. The molecule has 0 bridgehead atoms. The largest absolute Gasteiger partial charge is 0.323 e. The molecular weight excluding hydrogens is 298 g/mol. The van der Waals surface area contributed by atoms with Crippen LogP contribution in [0.4, 0.5) is 5.69 Å². The van der Waals surface area contributed by atoms with Crippen LogP contribution >= 0.6 is 15.9 Å². The molecule has 0 aliphatic heterocycles. The summed E-state index contributed by atoms with van der Waals surface area (Å²) in [5.41, 5.74) is 5.73. The first kappa shape index (κ1) is 13.3. The lowest BCUT2D eigenvalue weighted by molar-refractivity contribution is -0.121. The standard InChI is InChI=1S/C12H16BrN3O2/c1-16-7-8(6-9(13)10(16)17)15-11(18)12(14)4-2-3-5-12/h6-7H,2-5,14H2,1H3,(H,15,18). The summed E-state index contributed by atoms with van der Waals surface area (Å²) in [6, 6.07) is 1.60. The zero-order valence-corrected chi connectivity index (χ0v) is 11.8. The van der Waals surface area contributed by atoms with Crippen molar-refractivity contribution in [1.29, 1.82) is 0 Å². The summed E-state index contributed by atoms with van der Waals surface area (Å²) in [5, 5.41) is 2.78. The van der Waals surface area contributed by atoms with E-state index in [0.717, 1.165) is 12.8 Å². The highest BCUT2D eigenvalue weighted by Gasteiger charge is 2.37. The van der Waals surface area contributed by atoms with Gasteiger partial charge in [0, 0.05) is 13.2 Å². The van der Waals surface area contributed by atoms with E-state index in [1.807, 2.05) is 0 Å². The van der Waals surface area contributed by atoms with E-state index < -0.39 is 5.54 Å². The SMILES string of the molecule is Cn1cc(NC(=O)C2(N)CCCC2)cc(Br)c1=O. The Morgan fingerprint density at radius 3 is 2.67 bits per heavy atom. The van der Waals surface area contributed by atoms with E-state index in [1.165, 1.54) is 4.57 Å². The van der Waals surface area contributed by atoms with Gasteiger partial charge in [-0.3, -0.25) is 9.59 Å². The van der Waals surface area contributed by atoms with Gasteiger partial charge in [-0.25, -0.2) is 0 Å². The van der Waals surface area contributed by atoms with Crippen molar-refractivity contribution < 1.29 is 4.79 Å². The number of halogens is 1. The molecule has 1 amide bonds. The quantitative estimate of drug-likeness (QED) is 0.865. The third-order valence-corrected chi connectivity index (χ3v) is 3.91. The van der Waals surface area contributed by atoms with E-state index in [9.17, 15) is 9.59 Å². The number of rotatable bonds is 2. The second-order valence-electron chi connectivity index (χ2n) is 4.81. The molecule has 6 heteroatoms. The highest BCUT2D eigenvalue weighted by Crippen LogP contribution is 2.28. The van der Waals surface area contributed by atoms with Gasteiger partial charge in [-0.15, -0.1) is 0 Å². The van der Waals surface area contributed by atoms with Crippen LogP contribution in [0.25, 0.3) is 0 Å². The fraction of sp³-hybridized carbons (Fsp3) is 0.500. The Morgan fingerprint density at radius 2 is 2.11 bits per heavy atom. The van der Waals surface area contributed by atoms with Crippen LogP contribution in [0.1, 0.15) is 25.7 Å². The number of nitrogens with zero attached hydrogens (tertiary/aromatic N) is 1. The summed E-state index contributed by atoms with van der Waals surface area (Å²) in [6.45, 7) is 0. The maximum atomic E-state index is 12.1. The number of pyridine rings is 1. The highest BCUT2D eigenvalue weighted by molar-refractivity contribution is 9.10. The molecule has 1 aliphatic rings. The normalized spacial score (nSPS) is 17.7. The Kier molecular flexibility index (Phi) is 3.59. The average Bonchev–Trinajstić information content (AvgIpc) is 2.74. The Bertz CT molecular complexity index is 506. The van der Waals surface area contributed by atoms with E-state index in [0.29, 0.717) is 23.0 Å². The predicted octanol–water partition coefficient (Wildman–Crippen LogP) is 1.36. The van der Waals surface area contributed by atoms with Crippen LogP contribution in [0.3, 0.4) is 0 Å². The van der Waals surface area contributed by atoms with Crippen molar-refractivity contribution in [3.05, 3.63) is 27.1 Å². The summed E-state index contributed by atoms with van der Waals surface area (Å²) in [6.07, 6.45) is 4.99. The molecule has 1 heterocycles. The van der Waals surface area contributed by atoms with Crippen molar-refractivity contribution in [2.45, 2.75) is 31.2 Å². The molecule has 0 atom stereocenters. The monoisotopic (exact) mass is 313 g/mol. The molecule has 1 saturated carbocycles. The van der Waals surface area contributed by atoms with Gasteiger partial charge >= 0.3 is 0 Å². The zero-order valence-electron chi connectivity index (χ0n) is 10.2. The molecular formula is C12H16BrN3O2. The molecule has 0 spiro atoms. The number of anilines is 1. The fourth-order valence-corrected chi connectivity index (χ4v) is 2.75. The topological polar surface area (TPSA) is 77.1 Å². The second-order valence-corrected chi connectivity index (χ2v) is 5.66. The van der Waals surface area contributed by atoms with Crippen LogP contribution in [0.15, 0.2) is 21.5 Å². The molecule has 98 valence electrons. The van der Waals surface area contributed by atoms with Crippen LogP contribution in [-0.4, -0.2) is 16.0 Å². The van der Waals surface area contributed by atoms with E-state index >= 15 is 0 Å². The number of hydrogen-bond acceptors (Lipinski definition) is 3. The molecule has 18 heavy (non-hydrogen) atoms. The Morgan fingerprint density at radius 1 is 1.50 bits per heavy atom. The number of hydrogen-bond donors (Lipinski definition) is 2. The third-order valence-electron chi connectivity index (χ3n) is 3.35. The van der Waals surface area contributed by atoms with Crippen molar-refractivity contribution in [1.82, 2.24) is 4.57 Å². The minimum atomic E-state index is -0.763. The molecule has 1 aliphatic carbocycles. The molecule has 2 rings (SSSR count). The van der Waals surface area contributed by atoms with Crippen molar-refractivity contribution in [2.75, 3.05) is 5.32 Å². The minimum absolute atomic E-state index is 0.142. The van der Waals surface area contributed by atoms with E-state index in [2.05, 4.69) is 21.2 Å². The molecule has 0 saturated heterocycles. The van der Waals surface area contributed by atoms with E-state index in [-0.39, 0.29) is 11.5 Å². The van der Waals surface area contributed by atoms with Crippen LogP contribution in [0.2, 0.25) is 0 Å². The first-order valence-electron chi connectivity index (χ1n) is 5.89. The van der Waals surface area contributed by atoms with Gasteiger partial charge in [0.05, 0.1) is 15.7 Å². The Labute approximate surface area is 113 Å². The van der Waals surface area contributed by atoms with Gasteiger partial charge in [-0.05, 0) is 34.8 Å². The van der Waals surface area contributed by atoms with Crippen LogP contribution in [-0.2, 0) is 11.8 Å². The summed E-state index contributed by atoms with van der Waals surface area (Å²) >= 11 is 3.17. The number of amides is 1. The average molecular weight is 314 g/mol. The van der Waals surface area contributed by atoms with Gasteiger partial charge in [0.1, 0.15) is 0 Å². The lowest BCUT2D eigenvalue weighted by atomic mass is 9.98. The Hall–Kier alpha value is -1.14. The van der Waals surface area contributed by atoms with Gasteiger partial charge in [0.2, 0.25) is 5.91 Å². The van der Waals surface area contributed by atoms with Gasteiger partial charge in [-0.1, -0.05) is 12.8 Å². The fourth-order valence-electron chi connectivity index (χ4n) is 2.23. The first-order chi connectivity index (χ1) is 8.42. The van der Waals surface area contributed by atoms with Gasteiger partial charge in [-0.2, -0.15) is 0 Å². The summed E-state index contributed by atoms with van der Waals surface area (Å²) in [7, 11) is 1.64. The summed E-state index contributed by atoms with van der Waals surface area (Å²) in [5.74, 6) is -0.175. The van der Waals surface area contributed by atoms with E-state index in [4.69, 9.17) is 5.73 Å². The van der Waals surface area contributed by atoms with Crippen LogP contribution < -0.4 is 16.6 Å². The van der Waals surface area contributed by atoms with Crippen LogP contribution in [0, 0.1) is 0 Å². The first-order valence-corrected chi connectivity index (χ1v) is 6.68.